The first-order valence-electron chi connectivity index (χ1n) is 6.92. The molecule has 0 spiro atoms. The van der Waals surface area contributed by atoms with Gasteiger partial charge in [0.1, 0.15) is 5.76 Å². The van der Waals surface area contributed by atoms with Crippen molar-refractivity contribution < 1.29 is 13.2 Å². The Labute approximate surface area is 117 Å². The van der Waals surface area contributed by atoms with Crippen LogP contribution < -0.4 is 5.32 Å². The molecule has 0 aliphatic heterocycles. The molecule has 2 nitrogen and oxygen atoms in total. The van der Waals surface area contributed by atoms with Crippen molar-refractivity contribution in [3.05, 3.63) is 59.1 Å². The Bertz CT molecular complexity index is 565. The summed E-state index contributed by atoms with van der Waals surface area (Å²) in [5, 5.41) is 3.26. The first-order valence-corrected chi connectivity index (χ1v) is 6.92. The molecular weight excluding hydrogens is 260 g/mol. The molecule has 108 valence electrons. The van der Waals surface area contributed by atoms with Crippen LogP contribution in [0.4, 0.5) is 8.78 Å². The molecule has 0 saturated carbocycles. The molecule has 1 aromatic heterocycles. The van der Waals surface area contributed by atoms with Gasteiger partial charge in [-0.2, -0.15) is 0 Å². The Morgan fingerprint density at radius 1 is 1.15 bits per heavy atom. The minimum absolute atomic E-state index is 0.314. The predicted octanol–water partition coefficient (Wildman–Crippen LogP) is 4.21. The van der Waals surface area contributed by atoms with Gasteiger partial charge in [0.25, 0.3) is 0 Å². The van der Waals surface area contributed by atoms with Crippen molar-refractivity contribution in [2.45, 2.75) is 32.7 Å². The quantitative estimate of drug-likeness (QED) is 0.857. The second kappa shape index (κ2) is 6.66. The van der Waals surface area contributed by atoms with Crippen molar-refractivity contribution in [2.75, 3.05) is 6.54 Å². The third kappa shape index (κ3) is 2.90. The third-order valence-electron chi connectivity index (χ3n) is 3.30. The van der Waals surface area contributed by atoms with Crippen molar-refractivity contribution >= 4 is 0 Å². The Morgan fingerprint density at radius 3 is 2.65 bits per heavy atom. The molecule has 1 heterocycles. The normalized spacial score (nSPS) is 12.6. The SMILES string of the molecule is CCCNC(c1ccoc1CC)c1cccc(F)c1F. The number of benzene rings is 1. The van der Waals surface area contributed by atoms with Crippen LogP contribution >= 0.6 is 0 Å². The standard InChI is InChI=1S/C16H19F2NO/c1-3-9-19-16(11-8-10-20-14(11)4-2)12-6-5-7-13(17)15(12)18/h5-8,10,16,19H,3-4,9H2,1-2H3. The van der Waals surface area contributed by atoms with Gasteiger partial charge in [-0.05, 0) is 25.1 Å². The average Bonchev–Trinajstić information content (AvgIpc) is 2.92. The summed E-state index contributed by atoms with van der Waals surface area (Å²) in [5.74, 6) is -0.834. The number of nitrogens with one attached hydrogen (secondary N) is 1. The van der Waals surface area contributed by atoms with Gasteiger partial charge in [0.2, 0.25) is 0 Å². The summed E-state index contributed by atoms with van der Waals surface area (Å²) in [6, 6.07) is 5.69. The highest BCUT2D eigenvalue weighted by Gasteiger charge is 2.22. The second-order valence-electron chi connectivity index (χ2n) is 4.68. The lowest BCUT2D eigenvalue weighted by molar-refractivity contribution is 0.471. The van der Waals surface area contributed by atoms with Crippen molar-refractivity contribution in [1.82, 2.24) is 5.32 Å². The van der Waals surface area contributed by atoms with Crippen LogP contribution in [0.1, 0.15) is 43.2 Å². The first kappa shape index (κ1) is 14.7. The van der Waals surface area contributed by atoms with E-state index >= 15 is 0 Å². The first-order chi connectivity index (χ1) is 9.69. The lowest BCUT2D eigenvalue weighted by Crippen LogP contribution is -2.25. The number of rotatable bonds is 6. The van der Waals surface area contributed by atoms with Crippen LogP contribution in [0.2, 0.25) is 0 Å². The van der Waals surface area contributed by atoms with Crippen LogP contribution in [0, 0.1) is 11.6 Å². The molecule has 20 heavy (non-hydrogen) atoms. The van der Waals surface area contributed by atoms with Gasteiger partial charge in [0.15, 0.2) is 11.6 Å². The molecule has 0 bridgehead atoms. The number of aryl methyl sites for hydroxylation is 1. The Balaban J connectivity index is 2.44. The van der Waals surface area contributed by atoms with Crippen LogP contribution in [0.15, 0.2) is 34.9 Å². The largest absolute Gasteiger partial charge is 0.469 e. The maximum Gasteiger partial charge on any atom is 0.163 e. The summed E-state index contributed by atoms with van der Waals surface area (Å²) in [4.78, 5) is 0. The molecule has 1 atom stereocenters. The van der Waals surface area contributed by atoms with E-state index in [-0.39, 0.29) is 6.04 Å². The van der Waals surface area contributed by atoms with E-state index in [9.17, 15) is 8.78 Å². The topological polar surface area (TPSA) is 25.2 Å². The number of hydrogen-bond donors (Lipinski definition) is 1. The van der Waals surface area contributed by atoms with Gasteiger partial charge < -0.3 is 9.73 Å². The molecule has 0 saturated heterocycles. The van der Waals surface area contributed by atoms with E-state index in [2.05, 4.69) is 5.32 Å². The molecule has 0 aliphatic rings. The summed E-state index contributed by atoms with van der Waals surface area (Å²) in [6.07, 6.45) is 3.21. The van der Waals surface area contributed by atoms with E-state index in [0.717, 1.165) is 30.4 Å². The van der Waals surface area contributed by atoms with Gasteiger partial charge in [0, 0.05) is 17.5 Å². The van der Waals surface area contributed by atoms with E-state index in [0.29, 0.717) is 12.0 Å². The zero-order chi connectivity index (χ0) is 14.5. The minimum atomic E-state index is -0.827. The van der Waals surface area contributed by atoms with Gasteiger partial charge in [-0.15, -0.1) is 0 Å². The van der Waals surface area contributed by atoms with Crippen LogP contribution in [0.3, 0.4) is 0 Å². The van der Waals surface area contributed by atoms with Crippen molar-refractivity contribution in [1.29, 1.82) is 0 Å². The molecule has 1 unspecified atom stereocenters. The van der Waals surface area contributed by atoms with Crippen LogP contribution in [-0.4, -0.2) is 6.54 Å². The van der Waals surface area contributed by atoms with Gasteiger partial charge in [-0.25, -0.2) is 8.78 Å². The highest BCUT2D eigenvalue weighted by Crippen LogP contribution is 2.29. The lowest BCUT2D eigenvalue weighted by Gasteiger charge is -2.20. The van der Waals surface area contributed by atoms with E-state index in [4.69, 9.17) is 4.42 Å². The van der Waals surface area contributed by atoms with Gasteiger partial charge in [-0.1, -0.05) is 26.0 Å². The van der Waals surface area contributed by atoms with Gasteiger partial charge in [-0.3, -0.25) is 0 Å². The zero-order valence-corrected chi connectivity index (χ0v) is 11.7. The Hall–Kier alpha value is -1.68. The van der Waals surface area contributed by atoms with E-state index in [1.165, 1.54) is 6.07 Å². The van der Waals surface area contributed by atoms with Gasteiger partial charge >= 0.3 is 0 Å². The van der Waals surface area contributed by atoms with Crippen LogP contribution in [-0.2, 0) is 6.42 Å². The fourth-order valence-corrected chi connectivity index (χ4v) is 2.31. The van der Waals surface area contributed by atoms with E-state index in [1.54, 1.807) is 12.3 Å². The highest BCUT2D eigenvalue weighted by atomic mass is 19.2. The minimum Gasteiger partial charge on any atom is -0.469 e. The smallest absolute Gasteiger partial charge is 0.163 e. The van der Waals surface area contributed by atoms with Gasteiger partial charge in [0.05, 0.1) is 12.3 Å². The summed E-state index contributed by atoms with van der Waals surface area (Å²) < 4.78 is 32.9. The predicted molar refractivity (Wildman–Crippen MR) is 74.6 cm³/mol. The lowest BCUT2D eigenvalue weighted by atomic mass is 9.97. The number of furan rings is 1. The molecule has 4 heteroatoms. The van der Waals surface area contributed by atoms with Crippen LogP contribution in [0.5, 0.6) is 0 Å². The summed E-state index contributed by atoms with van der Waals surface area (Å²) in [6.45, 7) is 4.72. The maximum atomic E-state index is 14.1. The Morgan fingerprint density at radius 2 is 1.95 bits per heavy atom. The molecule has 0 aliphatic carbocycles. The van der Waals surface area contributed by atoms with Crippen LogP contribution in [0.25, 0.3) is 0 Å². The molecule has 0 fully saturated rings. The molecular formula is C16H19F2NO. The summed E-state index contributed by atoms with van der Waals surface area (Å²) in [7, 11) is 0. The van der Waals surface area contributed by atoms with Crippen molar-refractivity contribution in [3.8, 4) is 0 Å². The fourth-order valence-electron chi connectivity index (χ4n) is 2.31. The fraction of sp³-hybridized carbons (Fsp3) is 0.375. The number of hydrogen-bond acceptors (Lipinski definition) is 2. The monoisotopic (exact) mass is 279 g/mol. The number of halogens is 2. The highest BCUT2D eigenvalue weighted by molar-refractivity contribution is 5.34. The molecule has 2 rings (SSSR count). The molecule has 2 aromatic rings. The van der Waals surface area contributed by atoms with E-state index < -0.39 is 11.6 Å². The summed E-state index contributed by atoms with van der Waals surface area (Å²) >= 11 is 0. The Kier molecular flexibility index (Phi) is 4.90. The summed E-state index contributed by atoms with van der Waals surface area (Å²) in [5.41, 5.74) is 1.18. The third-order valence-corrected chi connectivity index (χ3v) is 3.30. The second-order valence-corrected chi connectivity index (χ2v) is 4.68. The molecule has 0 amide bonds. The van der Waals surface area contributed by atoms with Crippen molar-refractivity contribution in [2.24, 2.45) is 0 Å². The molecule has 1 N–H and O–H groups in total. The zero-order valence-electron chi connectivity index (χ0n) is 11.7. The average molecular weight is 279 g/mol. The maximum absolute atomic E-state index is 14.1. The van der Waals surface area contributed by atoms with E-state index in [1.807, 2.05) is 19.9 Å². The molecule has 1 aromatic carbocycles. The molecule has 0 radical (unpaired) electrons. The van der Waals surface area contributed by atoms with Crippen molar-refractivity contribution in [3.63, 3.8) is 0 Å².